The highest BCUT2D eigenvalue weighted by atomic mass is 79.9. The second kappa shape index (κ2) is 6.16. The lowest BCUT2D eigenvalue weighted by molar-refractivity contribution is -0.385. The van der Waals surface area contributed by atoms with Gasteiger partial charge in [0, 0.05) is 11.8 Å². The predicted octanol–water partition coefficient (Wildman–Crippen LogP) is 1.90. The van der Waals surface area contributed by atoms with E-state index in [-0.39, 0.29) is 23.4 Å². The first-order valence-corrected chi connectivity index (χ1v) is 5.32. The molecule has 0 saturated heterocycles. The first kappa shape index (κ1) is 13.4. The SMILES string of the molecule is O=C(Nc1ccc([N+](=O)[O-])c(Br)c1)OCCO. The molecule has 17 heavy (non-hydrogen) atoms. The molecule has 0 bridgehead atoms. The number of benzene rings is 1. The Kier molecular flexibility index (Phi) is 4.85. The highest BCUT2D eigenvalue weighted by Crippen LogP contribution is 2.27. The summed E-state index contributed by atoms with van der Waals surface area (Å²) < 4.78 is 4.82. The largest absolute Gasteiger partial charge is 0.447 e. The molecule has 0 unspecified atom stereocenters. The van der Waals surface area contributed by atoms with Crippen molar-refractivity contribution < 1.29 is 19.6 Å². The van der Waals surface area contributed by atoms with Crippen molar-refractivity contribution in [2.24, 2.45) is 0 Å². The van der Waals surface area contributed by atoms with Crippen molar-refractivity contribution in [1.82, 2.24) is 0 Å². The number of carbonyl (C=O) groups excluding carboxylic acids is 1. The minimum atomic E-state index is -0.736. The van der Waals surface area contributed by atoms with E-state index in [0.717, 1.165) is 0 Å². The van der Waals surface area contributed by atoms with Gasteiger partial charge in [0.15, 0.2) is 0 Å². The number of hydrogen-bond donors (Lipinski definition) is 2. The van der Waals surface area contributed by atoms with Crippen LogP contribution >= 0.6 is 15.9 Å². The molecule has 1 aromatic carbocycles. The van der Waals surface area contributed by atoms with Crippen molar-refractivity contribution in [3.8, 4) is 0 Å². The zero-order chi connectivity index (χ0) is 12.8. The fraction of sp³-hybridized carbons (Fsp3) is 0.222. The normalized spacial score (nSPS) is 9.76. The minimum absolute atomic E-state index is 0.0979. The summed E-state index contributed by atoms with van der Waals surface area (Å²) in [7, 11) is 0. The molecule has 0 aromatic heterocycles. The maximum absolute atomic E-state index is 11.1. The van der Waals surface area contributed by atoms with Gasteiger partial charge in [-0.1, -0.05) is 0 Å². The Labute approximate surface area is 105 Å². The van der Waals surface area contributed by atoms with Gasteiger partial charge in [0.1, 0.15) is 6.61 Å². The van der Waals surface area contributed by atoms with Crippen LogP contribution in [-0.4, -0.2) is 29.3 Å². The molecule has 0 heterocycles. The van der Waals surface area contributed by atoms with Crippen LogP contribution in [0.15, 0.2) is 22.7 Å². The molecule has 0 aliphatic rings. The number of halogens is 1. The van der Waals surface area contributed by atoms with E-state index in [9.17, 15) is 14.9 Å². The maximum Gasteiger partial charge on any atom is 0.411 e. The number of ether oxygens (including phenoxy) is 1. The summed E-state index contributed by atoms with van der Waals surface area (Å²) >= 11 is 3.02. The van der Waals surface area contributed by atoms with E-state index >= 15 is 0 Å². The van der Waals surface area contributed by atoms with Crippen LogP contribution < -0.4 is 5.32 Å². The van der Waals surface area contributed by atoms with Crippen molar-refractivity contribution in [3.63, 3.8) is 0 Å². The Bertz CT molecular complexity index is 437. The van der Waals surface area contributed by atoms with E-state index in [1.165, 1.54) is 18.2 Å². The van der Waals surface area contributed by atoms with Crippen LogP contribution in [-0.2, 0) is 4.74 Å². The molecular formula is C9H9BrN2O5. The number of anilines is 1. The Morgan fingerprint density at radius 2 is 2.29 bits per heavy atom. The first-order chi connectivity index (χ1) is 8.04. The number of nitro groups is 1. The number of rotatable bonds is 4. The van der Waals surface area contributed by atoms with Gasteiger partial charge in [0.05, 0.1) is 16.0 Å². The van der Waals surface area contributed by atoms with Crippen LogP contribution in [0.4, 0.5) is 16.2 Å². The molecule has 0 radical (unpaired) electrons. The molecule has 0 fully saturated rings. The van der Waals surface area contributed by atoms with Crippen LogP contribution in [0.1, 0.15) is 0 Å². The van der Waals surface area contributed by atoms with Gasteiger partial charge in [-0.25, -0.2) is 4.79 Å². The molecule has 0 aliphatic heterocycles. The molecule has 7 nitrogen and oxygen atoms in total. The van der Waals surface area contributed by atoms with Crippen molar-refractivity contribution in [2.75, 3.05) is 18.5 Å². The topological polar surface area (TPSA) is 102 Å². The van der Waals surface area contributed by atoms with E-state index in [1.807, 2.05) is 0 Å². The Hall–Kier alpha value is -1.67. The third-order valence-electron chi connectivity index (χ3n) is 1.72. The molecule has 1 rings (SSSR count). The summed E-state index contributed by atoms with van der Waals surface area (Å²) in [6.07, 6.45) is -0.736. The van der Waals surface area contributed by atoms with E-state index in [0.29, 0.717) is 5.69 Å². The van der Waals surface area contributed by atoms with Gasteiger partial charge in [-0.05, 0) is 28.1 Å². The van der Waals surface area contributed by atoms with Crippen LogP contribution in [0, 0.1) is 10.1 Å². The molecule has 0 aliphatic carbocycles. The zero-order valence-electron chi connectivity index (χ0n) is 8.55. The van der Waals surface area contributed by atoms with Crippen molar-refractivity contribution in [3.05, 3.63) is 32.8 Å². The second-order valence-electron chi connectivity index (χ2n) is 2.91. The van der Waals surface area contributed by atoms with Crippen molar-refractivity contribution in [2.45, 2.75) is 0 Å². The summed E-state index contributed by atoms with van der Waals surface area (Å²) in [5.74, 6) is 0. The standard InChI is InChI=1S/C9H9BrN2O5/c10-7-5-6(1-2-8(7)12(15)16)11-9(14)17-4-3-13/h1-2,5,13H,3-4H2,(H,11,14). The van der Waals surface area contributed by atoms with Gasteiger partial charge in [-0.3, -0.25) is 15.4 Å². The molecule has 92 valence electrons. The predicted molar refractivity (Wildman–Crippen MR) is 62.9 cm³/mol. The average molecular weight is 305 g/mol. The number of nitrogens with one attached hydrogen (secondary N) is 1. The molecule has 0 atom stereocenters. The second-order valence-corrected chi connectivity index (χ2v) is 3.76. The lowest BCUT2D eigenvalue weighted by Gasteiger charge is -2.06. The van der Waals surface area contributed by atoms with E-state index in [4.69, 9.17) is 5.11 Å². The van der Waals surface area contributed by atoms with Crippen LogP contribution in [0.5, 0.6) is 0 Å². The molecule has 1 amide bonds. The van der Waals surface area contributed by atoms with Crippen LogP contribution in [0.25, 0.3) is 0 Å². The highest BCUT2D eigenvalue weighted by Gasteiger charge is 2.12. The molecule has 0 spiro atoms. The van der Waals surface area contributed by atoms with Gasteiger partial charge < -0.3 is 9.84 Å². The van der Waals surface area contributed by atoms with Gasteiger partial charge >= 0.3 is 6.09 Å². The van der Waals surface area contributed by atoms with Gasteiger partial charge in [-0.2, -0.15) is 0 Å². The first-order valence-electron chi connectivity index (χ1n) is 4.53. The smallest absolute Gasteiger partial charge is 0.411 e. The Morgan fingerprint density at radius 1 is 1.59 bits per heavy atom. The fourth-order valence-corrected chi connectivity index (χ4v) is 1.55. The summed E-state index contributed by atoms with van der Waals surface area (Å²) in [5, 5.41) is 21.3. The van der Waals surface area contributed by atoms with E-state index < -0.39 is 11.0 Å². The Morgan fingerprint density at radius 3 is 2.82 bits per heavy atom. The van der Waals surface area contributed by atoms with Gasteiger partial charge in [0.2, 0.25) is 0 Å². The van der Waals surface area contributed by atoms with Gasteiger partial charge in [0.25, 0.3) is 5.69 Å². The molecular weight excluding hydrogens is 296 g/mol. The lowest BCUT2D eigenvalue weighted by atomic mass is 10.3. The average Bonchev–Trinajstić information content (AvgIpc) is 2.26. The number of aliphatic hydroxyl groups is 1. The number of amides is 1. The summed E-state index contributed by atoms with van der Waals surface area (Å²) in [6, 6.07) is 4.02. The quantitative estimate of drug-likeness (QED) is 0.653. The number of hydrogen-bond acceptors (Lipinski definition) is 5. The highest BCUT2D eigenvalue weighted by molar-refractivity contribution is 9.10. The summed E-state index contributed by atoms with van der Waals surface area (Å²) in [6.45, 7) is -0.378. The number of carbonyl (C=O) groups is 1. The minimum Gasteiger partial charge on any atom is -0.447 e. The number of nitro benzene ring substituents is 1. The molecule has 2 N–H and O–H groups in total. The van der Waals surface area contributed by atoms with Crippen LogP contribution in [0.3, 0.4) is 0 Å². The zero-order valence-corrected chi connectivity index (χ0v) is 10.1. The molecule has 0 saturated carbocycles. The van der Waals surface area contributed by atoms with Gasteiger partial charge in [-0.15, -0.1) is 0 Å². The molecule has 1 aromatic rings. The number of aliphatic hydroxyl groups excluding tert-OH is 1. The lowest BCUT2D eigenvalue weighted by Crippen LogP contribution is -2.15. The van der Waals surface area contributed by atoms with Crippen molar-refractivity contribution in [1.29, 1.82) is 0 Å². The third-order valence-corrected chi connectivity index (χ3v) is 2.35. The third kappa shape index (κ3) is 4.00. The van der Waals surface area contributed by atoms with E-state index in [1.54, 1.807) is 0 Å². The maximum atomic E-state index is 11.1. The number of nitrogens with zero attached hydrogens (tertiary/aromatic N) is 1. The fourth-order valence-electron chi connectivity index (χ4n) is 1.02. The Balaban J connectivity index is 2.70. The van der Waals surface area contributed by atoms with E-state index in [2.05, 4.69) is 26.0 Å². The molecule has 8 heteroatoms. The van der Waals surface area contributed by atoms with Crippen molar-refractivity contribution >= 4 is 33.4 Å². The summed E-state index contributed by atoms with van der Waals surface area (Å²) in [4.78, 5) is 21.1. The summed E-state index contributed by atoms with van der Waals surface area (Å²) in [5.41, 5.74) is 0.254. The van der Waals surface area contributed by atoms with Crippen LogP contribution in [0.2, 0.25) is 0 Å². The monoisotopic (exact) mass is 304 g/mol.